The summed E-state index contributed by atoms with van der Waals surface area (Å²) in [6, 6.07) is 0. The Morgan fingerprint density at radius 3 is 3.00 bits per heavy atom. The molecule has 4 heteroatoms. The Labute approximate surface area is 78.6 Å². The first-order valence-corrected chi connectivity index (χ1v) is 4.83. The lowest BCUT2D eigenvalue weighted by atomic mass is 10.1. The summed E-state index contributed by atoms with van der Waals surface area (Å²) in [4.78, 5) is 11.0. The second-order valence-corrected chi connectivity index (χ2v) is 3.07. The minimum atomic E-state index is -0.586. The van der Waals surface area contributed by atoms with Crippen molar-refractivity contribution in [3.63, 3.8) is 0 Å². The third kappa shape index (κ3) is 4.12. The molecule has 4 nitrogen and oxygen atoms in total. The molecule has 0 aromatic heterocycles. The van der Waals surface area contributed by atoms with Crippen molar-refractivity contribution in [3.05, 3.63) is 0 Å². The molecule has 1 atom stereocenters. The lowest BCUT2D eigenvalue weighted by Gasteiger charge is -2.20. The largest absolute Gasteiger partial charge is 0.509 e. The Morgan fingerprint density at radius 1 is 1.54 bits per heavy atom. The zero-order valence-corrected chi connectivity index (χ0v) is 7.99. The van der Waals surface area contributed by atoms with Crippen LogP contribution in [0.2, 0.25) is 0 Å². The van der Waals surface area contributed by atoms with Gasteiger partial charge >= 0.3 is 6.16 Å². The number of carbonyl (C=O) groups is 1. The lowest BCUT2D eigenvalue weighted by Crippen LogP contribution is -2.32. The maximum atomic E-state index is 11.0. The first-order valence-electron chi connectivity index (χ1n) is 4.83. The van der Waals surface area contributed by atoms with Crippen molar-refractivity contribution in [2.24, 2.45) is 0 Å². The maximum Gasteiger partial charge on any atom is 0.509 e. The first kappa shape index (κ1) is 10.3. The fraction of sp³-hybridized carbons (Fsp3) is 0.889. The Kier molecular flexibility index (Phi) is 4.60. The molecule has 1 aliphatic heterocycles. The van der Waals surface area contributed by atoms with Crippen LogP contribution in [0.4, 0.5) is 4.79 Å². The van der Waals surface area contributed by atoms with Gasteiger partial charge in [-0.05, 0) is 25.7 Å². The normalized spacial score (nSPS) is 22.4. The topological polar surface area (TPSA) is 49.6 Å². The molecule has 1 rings (SSSR count). The first-order chi connectivity index (χ1) is 6.33. The fourth-order valence-electron chi connectivity index (χ4n) is 1.18. The van der Waals surface area contributed by atoms with Crippen molar-refractivity contribution in [2.75, 3.05) is 13.2 Å². The van der Waals surface area contributed by atoms with Gasteiger partial charge in [0.25, 0.3) is 0 Å². The third-order valence-electron chi connectivity index (χ3n) is 1.85. The number of hydrogen-bond donors (Lipinski definition) is 0. The summed E-state index contributed by atoms with van der Waals surface area (Å²) >= 11 is 0. The van der Waals surface area contributed by atoms with E-state index in [1.807, 2.05) is 6.92 Å². The molecule has 0 spiro atoms. The Bertz CT molecular complexity index is 155. The molecule has 0 bridgehead atoms. The summed E-state index contributed by atoms with van der Waals surface area (Å²) in [5, 5.41) is 4.15. The van der Waals surface area contributed by atoms with E-state index < -0.39 is 6.16 Å². The van der Waals surface area contributed by atoms with Crippen LogP contribution in [0.25, 0.3) is 0 Å². The molecule has 1 radical (unpaired) electrons. The van der Waals surface area contributed by atoms with E-state index in [-0.39, 0.29) is 6.23 Å². The van der Waals surface area contributed by atoms with Crippen LogP contribution in [0.3, 0.4) is 0 Å². The van der Waals surface area contributed by atoms with Gasteiger partial charge in [0, 0.05) is 6.54 Å². The molecule has 0 aromatic rings. The van der Waals surface area contributed by atoms with E-state index in [4.69, 9.17) is 9.47 Å². The van der Waals surface area contributed by atoms with E-state index in [9.17, 15) is 4.79 Å². The summed E-state index contributed by atoms with van der Waals surface area (Å²) in [7, 11) is 0. The van der Waals surface area contributed by atoms with Crippen molar-refractivity contribution < 1.29 is 14.3 Å². The van der Waals surface area contributed by atoms with Gasteiger partial charge in [-0.15, -0.1) is 0 Å². The van der Waals surface area contributed by atoms with Gasteiger partial charge in [0.05, 0.1) is 6.61 Å². The maximum absolute atomic E-state index is 11.0. The van der Waals surface area contributed by atoms with Gasteiger partial charge in [0.15, 0.2) is 6.23 Å². The molecule has 0 saturated carbocycles. The van der Waals surface area contributed by atoms with Crippen molar-refractivity contribution in [2.45, 2.75) is 38.8 Å². The van der Waals surface area contributed by atoms with Gasteiger partial charge in [0.2, 0.25) is 0 Å². The van der Waals surface area contributed by atoms with Crippen molar-refractivity contribution >= 4 is 6.16 Å². The van der Waals surface area contributed by atoms with E-state index in [2.05, 4.69) is 5.32 Å². The van der Waals surface area contributed by atoms with E-state index in [0.717, 1.165) is 32.2 Å². The van der Waals surface area contributed by atoms with E-state index in [1.165, 1.54) is 0 Å². The lowest BCUT2D eigenvalue weighted by molar-refractivity contribution is 0.000652. The molecule has 0 amide bonds. The zero-order chi connectivity index (χ0) is 9.52. The van der Waals surface area contributed by atoms with Crippen LogP contribution in [-0.4, -0.2) is 25.5 Å². The smallest absolute Gasteiger partial charge is 0.434 e. The highest BCUT2D eigenvalue weighted by atomic mass is 16.7. The second-order valence-electron chi connectivity index (χ2n) is 3.07. The molecule has 0 aromatic carbocycles. The van der Waals surface area contributed by atoms with Crippen LogP contribution in [0.1, 0.15) is 32.6 Å². The van der Waals surface area contributed by atoms with Gasteiger partial charge in [0.1, 0.15) is 0 Å². The van der Waals surface area contributed by atoms with Crippen LogP contribution in [0, 0.1) is 0 Å². The number of nitrogens with zero attached hydrogens (tertiary/aromatic N) is 1. The van der Waals surface area contributed by atoms with Gasteiger partial charge in [-0.25, -0.2) is 10.1 Å². The SMILES string of the molecule is CCCOC(=O)OC1CCCC[N]1. The van der Waals surface area contributed by atoms with Gasteiger partial charge in [-0.2, -0.15) is 0 Å². The molecule has 75 valence electrons. The molecule has 0 aliphatic carbocycles. The quantitative estimate of drug-likeness (QED) is 0.630. The second kappa shape index (κ2) is 5.80. The third-order valence-corrected chi connectivity index (χ3v) is 1.85. The van der Waals surface area contributed by atoms with Crippen LogP contribution in [0.5, 0.6) is 0 Å². The summed E-state index contributed by atoms with van der Waals surface area (Å²) in [6.07, 6.45) is 2.98. The van der Waals surface area contributed by atoms with Crippen LogP contribution < -0.4 is 5.32 Å². The molecular formula is C9H16NO3. The highest BCUT2D eigenvalue weighted by Gasteiger charge is 2.18. The van der Waals surface area contributed by atoms with Crippen LogP contribution in [0.15, 0.2) is 0 Å². The number of carbonyl (C=O) groups excluding carboxylic acids is 1. The van der Waals surface area contributed by atoms with Crippen molar-refractivity contribution in [1.82, 2.24) is 5.32 Å². The number of rotatable bonds is 3. The average Bonchev–Trinajstić information content (AvgIpc) is 2.16. The highest BCUT2D eigenvalue weighted by Crippen LogP contribution is 2.10. The van der Waals surface area contributed by atoms with Crippen LogP contribution in [-0.2, 0) is 9.47 Å². The Balaban J connectivity index is 2.11. The van der Waals surface area contributed by atoms with Crippen molar-refractivity contribution in [1.29, 1.82) is 0 Å². The van der Waals surface area contributed by atoms with Gasteiger partial charge < -0.3 is 9.47 Å². The predicted octanol–water partition coefficient (Wildman–Crippen LogP) is 1.66. The predicted molar refractivity (Wildman–Crippen MR) is 47.4 cm³/mol. The van der Waals surface area contributed by atoms with Crippen molar-refractivity contribution in [3.8, 4) is 0 Å². The summed E-state index contributed by atoms with van der Waals surface area (Å²) in [6.45, 7) is 3.16. The van der Waals surface area contributed by atoms with E-state index in [1.54, 1.807) is 0 Å². The van der Waals surface area contributed by atoms with Gasteiger partial charge in [-0.1, -0.05) is 6.92 Å². The summed E-state index contributed by atoms with van der Waals surface area (Å²) in [5.41, 5.74) is 0. The molecule has 1 unspecified atom stereocenters. The molecule has 0 N–H and O–H groups in total. The van der Waals surface area contributed by atoms with E-state index >= 15 is 0 Å². The summed E-state index contributed by atoms with van der Waals surface area (Å²) in [5.74, 6) is 0. The molecular weight excluding hydrogens is 170 g/mol. The Hall–Kier alpha value is -0.770. The minimum Gasteiger partial charge on any atom is -0.434 e. The summed E-state index contributed by atoms with van der Waals surface area (Å²) < 4.78 is 9.74. The van der Waals surface area contributed by atoms with Gasteiger partial charge in [-0.3, -0.25) is 0 Å². The number of piperidine rings is 1. The zero-order valence-electron chi connectivity index (χ0n) is 7.99. The Morgan fingerprint density at radius 2 is 2.38 bits per heavy atom. The molecule has 13 heavy (non-hydrogen) atoms. The molecule has 1 aliphatic rings. The van der Waals surface area contributed by atoms with E-state index in [0.29, 0.717) is 6.61 Å². The number of hydrogen-bond acceptors (Lipinski definition) is 3. The highest BCUT2D eigenvalue weighted by molar-refractivity contribution is 5.60. The standard InChI is InChI=1S/C9H16NO3/c1-2-7-12-9(11)13-8-5-3-4-6-10-8/h8H,2-7H2,1H3. The molecule has 1 saturated heterocycles. The monoisotopic (exact) mass is 186 g/mol. The average molecular weight is 186 g/mol. The molecule has 1 fully saturated rings. The fourth-order valence-corrected chi connectivity index (χ4v) is 1.18. The molecule has 1 heterocycles. The van der Waals surface area contributed by atoms with Crippen LogP contribution >= 0.6 is 0 Å². The number of ether oxygens (including phenoxy) is 2. The minimum absolute atomic E-state index is 0.266.